The van der Waals surface area contributed by atoms with Gasteiger partial charge in [-0.05, 0) is 12.2 Å². The van der Waals surface area contributed by atoms with Crippen LogP contribution in [0.3, 0.4) is 0 Å². The Balaban J connectivity index is 2.25. The topological polar surface area (TPSA) is 198 Å². The third kappa shape index (κ3) is 2.30. The molecule has 0 saturated carbocycles. The van der Waals surface area contributed by atoms with Crippen molar-refractivity contribution >= 4 is 34.4 Å². The van der Waals surface area contributed by atoms with Crippen LogP contribution in [0.1, 0.15) is 0 Å². The molecule has 1 aliphatic heterocycles. The second kappa shape index (κ2) is 5.64. The van der Waals surface area contributed by atoms with Crippen molar-refractivity contribution in [2.45, 2.75) is 24.2 Å². The zero-order chi connectivity index (χ0) is 17.6. The number of nitrogen functional groups attached to an aromatic ring is 1. The van der Waals surface area contributed by atoms with Crippen LogP contribution < -0.4 is 22.3 Å². The molecule has 1 aliphatic rings. The number of nitrogens with zero attached hydrogens (tertiary/aromatic N) is 3. The normalized spacial score (nSPS) is 29.9. The summed E-state index contributed by atoms with van der Waals surface area (Å²) in [5.74, 6) is -2.12. The van der Waals surface area contributed by atoms with Crippen molar-refractivity contribution in [2.75, 3.05) is 12.3 Å². The number of imidazole rings is 1. The van der Waals surface area contributed by atoms with Gasteiger partial charge in [0.05, 0.1) is 6.61 Å². The van der Waals surface area contributed by atoms with E-state index in [4.69, 9.17) is 28.4 Å². The summed E-state index contributed by atoms with van der Waals surface area (Å²) in [5, 5.41) is 32.1. The van der Waals surface area contributed by atoms with Gasteiger partial charge in [0.25, 0.3) is 11.4 Å². The SMILES string of the molecule is NC(=S)N[C@@]1(n2cnc3c(=O)[nH]c(N)nc32)O[C@H](CO)[C@@H](O)[C@H]1O. The Morgan fingerprint density at radius 3 is 2.88 bits per heavy atom. The number of ether oxygens (including phenoxy) is 1. The molecule has 0 unspecified atom stereocenters. The van der Waals surface area contributed by atoms with E-state index in [2.05, 4.69) is 20.3 Å². The molecule has 2 aromatic rings. The quantitative estimate of drug-likeness (QED) is 0.266. The molecule has 13 heteroatoms. The number of fused-ring (bicyclic) bond motifs is 1. The monoisotopic (exact) mass is 357 g/mol. The van der Waals surface area contributed by atoms with Crippen molar-refractivity contribution in [1.82, 2.24) is 24.8 Å². The highest BCUT2D eigenvalue weighted by atomic mass is 32.1. The van der Waals surface area contributed by atoms with Gasteiger partial charge in [-0.25, -0.2) is 4.98 Å². The third-order valence-corrected chi connectivity index (χ3v) is 3.80. The van der Waals surface area contributed by atoms with Crippen LogP contribution in [0.15, 0.2) is 11.1 Å². The van der Waals surface area contributed by atoms with Gasteiger partial charge in [-0.3, -0.25) is 14.3 Å². The maximum atomic E-state index is 11.9. The summed E-state index contributed by atoms with van der Waals surface area (Å²) in [4.78, 5) is 22.1. The lowest BCUT2D eigenvalue weighted by molar-refractivity contribution is -0.156. The summed E-state index contributed by atoms with van der Waals surface area (Å²) >= 11 is 4.80. The first-order chi connectivity index (χ1) is 11.3. The first-order valence-electron chi connectivity index (χ1n) is 6.76. The summed E-state index contributed by atoms with van der Waals surface area (Å²) < 4.78 is 6.70. The predicted octanol–water partition coefficient (Wildman–Crippen LogP) is -3.74. The number of hydrogen-bond donors (Lipinski definition) is 7. The summed E-state index contributed by atoms with van der Waals surface area (Å²) in [6, 6.07) is 0. The molecule has 0 aliphatic carbocycles. The summed E-state index contributed by atoms with van der Waals surface area (Å²) in [6.07, 6.45) is -3.07. The maximum absolute atomic E-state index is 11.9. The molecular formula is C11H15N7O5S. The molecule has 130 valence electrons. The molecule has 0 spiro atoms. The van der Waals surface area contributed by atoms with Crippen LogP contribution in [0.2, 0.25) is 0 Å². The van der Waals surface area contributed by atoms with Crippen LogP contribution in [0.4, 0.5) is 5.95 Å². The third-order valence-electron chi connectivity index (χ3n) is 3.70. The van der Waals surface area contributed by atoms with E-state index in [1.165, 1.54) is 0 Å². The van der Waals surface area contributed by atoms with Crippen molar-refractivity contribution in [3.05, 3.63) is 16.7 Å². The number of nitrogens with two attached hydrogens (primary N) is 2. The van der Waals surface area contributed by atoms with Crippen molar-refractivity contribution in [1.29, 1.82) is 0 Å². The van der Waals surface area contributed by atoms with Crippen LogP contribution >= 0.6 is 12.2 Å². The van der Waals surface area contributed by atoms with Crippen LogP contribution in [-0.2, 0) is 10.6 Å². The van der Waals surface area contributed by atoms with Crippen molar-refractivity contribution in [3.63, 3.8) is 0 Å². The molecule has 0 radical (unpaired) electrons. The molecule has 3 rings (SSSR count). The largest absolute Gasteiger partial charge is 0.394 e. The summed E-state index contributed by atoms with van der Waals surface area (Å²) in [7, 11) is 0. The Bertz CT molecular complexity index is 853. The zero-order valence-corrected chi connectivity index (χ0v) is 12.9. The lowest BCUT2D eigenvalue weighted by atomic mass is 10.1. The van der Waals surface area contributed by atoms with E-state index in [1.807, 2.05) is 0 Å². The number of anilines is 1. The summed E-state index contributed by atoms with van der Waals surface area (Å²) in [6.45, 7) is -0.582. The van der Waals surface area contributed by atoms with Crippen molar-refractivity contribution in [2.24, 2.45) is 5.73 Å². The standard InChI is InChI=1S/C11H15N7O5S/c12-9-15-7-4(8(22)16-9)14-2-18(7)11(17-10(13)24)6(21)5(20)3(1-19)23-11/h2-3,5-6,19-21H,1H2,(H3,13,17,24)(H3,12,15,16,22)/t3-,5-,6-,11+/m1/s1. The van der Waals surface area contributed by atoms with Crippen molar-refractivity contribution < 1.29 is 20.1 Å². The Kier molecular flexibility index (Phi) is 3.89. The molecule has 0 aromatic carbocycles. The van der Waals surface area contributed by atoms with Crippen molar-refractivity contribution in [3.8, 4) is 0 Å². The smallest absolute Gasteiger partial charge is 0.280 e. The molecule has 4 atom stereocenters. The molecule has 1 fully saturated rings. The molecule has 24 heavy (non-hydrogen) atoms. The molecule has 1 saturated heterocycles. The first kappa shape index (κ1) is 16.5. The number of nitrogens with one attached hydrogen (secondary N) is 2. The molecule has 0 amide bonds. The fourth-order valence-electron chi connectivity index (χ4n) is 2.66. The first-order valence-corrected chi connectivity index (χ1v) is 7.16. The number of thiocarbonyl (C=S) groups is 1. The highest BCUT2D eigenvalue weighted by Crippen LogP contribution is 2.35. The van der Waals surface area contributed by atoms with E-state index in [1.54, 1.807) is 0 Å². The fraction of sp³-hybridized carbons (Fsp3) is 0.455. The van der Waals surface area contributed by atoms with Gasteiger partial charge in [0.2, 0.25) is 5.95 Å². The second-order valence-electron chi connectivity index (χ2n) is 5.20. The average Bonchev–Trinajstić information content (AvgIpc) is 3.02. The number of aliphatic hydroxyl groups excluding tert-OH is 3. The van der Waals surface area contributed by atoms with E-state index in [0.717, 1.165) is 10.9 Å². The molecule has 12 nitrogen and oxygen atoms in total. The average molecular weight is 357 g/mol. The van der Waals surface area contributed by atoms with E-state index < -0.39 is 36.3 Å². The van der Waals surface area contributed by atoms with Gasteiger partial charge in [0.1, 0.15) is 18.5 Å². The number of aliphatic hydroxyl groups is 3. The van der Waals surface area contributed by atoms with Gasteiger partial charge in [0, 0.05) is 0 Å². The molecule has 0 bridgehead atoms. The Morgan fingerprint density at radius 1 is 1.58 bits per heavy atom. The van der Waals surface area contributed by atoms with E-state index in [0.29, 0.717) is 0 Å². The Hall–Kier alpha value is -2.32. The van der Waals surface area contributed by atoms with E-state index in [9.17, 15) is 20.1 Å². The molecule has 2 aromatic heterocycles. The highest BCUT2D eigenvalue weighted by Gasteiger charge is 2.57. The highest BCUT2D eigenvalue weighted by molar-refractivity contribution is 7.80. The van der Waals surface area contributed by atoms with Gasteiger partial charge >= 0.3 is 0 Å². The Labute approximate surface area is 139 Å². The van der Waals surface area contributed by atoms with E-state index in [-0.39, 0.29) is 22.2 Å². The Morgan fingerprint density at radius 2 is 2.29 bits per heavy atom. The second-order valence-corrected chi connectivity index (χ2v) is 5.64. The van der Waals surface area contributed by atoms with Gasteiger partial charge in [-0.2, -0.15) is 4.98 Å². The van der Waals surface area contributed by atoms with Gasteiger partial charge in [-0.1, -0.05) is 0 Å². The van der Waals surface area contributed by atoms with Crippen LogP contribution in [0, 0.1) is 0 Å². The van der Waals surface area contributed by atoms with Crippen LogP contribution in [-0.4, -0.2) is 64.9 Å². The number of hydrogen-bond acceptors (Lipinski definition) is 9. The molecular weight excluding hydrogens is 342 g/mol. The molecule has 3 heterocycles. The lowest BCUT2D eigenvalue weighted by Crippen LogP contribution is -2.59. The molecule has 9 N–H and O–H groups in total. The predicted molar refractivity (Wildman–Crippen MR) is 84.4 cm³/mol. The minimum absolute atomic E-state index is 0.0372. The maximum Gasteiger partial charge on any atom is 0.280 e. The number of aromatic amines is 1. The zero-order valence-electron chi connectivity index (χ0n) is 12.1. The lowest BCUT2D eigenvalue weighted by Gasteiger charge is -2.34. The van der Waals surface area contributed by atoms with Gasteiger partial charge in [0.15, 0.2) is 22.4 Å². The minimum atomic E-state index is -1.93. The van der Waals surface area contributed by atoms with Crippen LogP contribution in [0.5, 0.6) is 0 Å². The fourth-order valence-corrected chi connectivity index (χ4v) is 2.81. The van der Waals surface area contributed by atoms with Crippen LogP contribution in [0.25, 0.3) is 11.2 Å². The number of rotatable bonds is 3. The number of aromatic nitrogens is 4. The summed E-state index contributed by atoms with van der Waals surface area (Å²) in [5.41, 5.74) is 10.3. The van der Waals surface area contributed by atoms with E-state index >= 15 is 0 Å². The van der Waals surface area contributed by atoms with Gasteiger partial charge < -0.3 is 36.8 Å². The minimum Gasteiger partial charge on any atom is -0.394 e. The van der Waals surface area contributed by atoms with Gasteiger partial charge in [-0.15, -0.1) is 0 Å². The number of H-pyrrole nitrogens is 1.